The van der Waals surface area contributed by atoms with E-state index >= 15 is 0 Å². The van der Waals surface area contributed by atoms with Crippen LogP contribution >= 0.6 is 11.6 Å². The van der Waals surface area contributed by atoms with Crippen LogP contribution in [0.1, 0.15) is 23.5 Å². The number of amides is 1. The molecule has 1 aromatic carbocycles. The lowest BCUT2D eigenvalue weighted by molar-refractivity contribution is -0.116. The number of pyridine rings is 1. The molecule has 2 heterocycles. The maximum atomic E-state index is 12.5. The Balaban J connectivity index is 1.74. The van der Waals surface area contributed by atoms with Gasteiger partial charge in [0.1, 0.15) is 5.82 Å². The quantitative estimate of drug-likeness (QED) is 0.700. The van der Waals surface area contributed by atoms with E-state index in [1.807, 2.05) is 67.8 Å². The van der Waals surface area contributed by atoms with Gasteiger partial charge in [0.15, 0.2) is 0 Å². The lowest BCUT2D eigenvalue weighted by atomic mass is 9.95. The molecule has 0 aliphatic heterocycles. The van der Waals surface area contributed by atoms with Crippen LogP contribution < -0.4 is 5.32 Å². The van der Waals surface area contributed by atoms with Crippen LogP contribution in [-0.4, -0.2) is 15.5 Å². The SMILES string of the molecule is Cc1ccnc(NC(=O)C[C@@H](Cn2cccc2)c2ccc(Cl)cc2)c1. The van der Waals surface area contributed by atoms with E-state index in [0.717, 1.165) is 17.7 Å². The van der Waals surface area contributed by atoms with E-state index in [9.17, 15) is 4.79 Å². The number of halogens is 1. The fourth-order valence-corrected chi connectivity index (χ4v) is 2.92. The molecule has 0 aliphatic carbocycles. The Morgan fingerprint density at radius 3 is 2.60 bits per heavy atom. The van der Waals surface area contributed by atoms with E-state index in [-0.39, 0.29) is 11.8 Å². The van der Waals surface area contributed by atoms with E-state index in [4.69, 9.17) is 11.6 Å². The van der Waals surface area contributed by atoms with Crippen molar-refractivity contribution in [2.75, 3.05) is 5.32 Å². The third-order valence-electron chi connectivity index (χ3n) is 4.05. The lowest BCUT2D eigenvalue weighted by Crippen LogP contribution is -2.19. The van der Waals surface area contributed by atoms with E-state index in [2.05, 4.69) is 14.9 Å². The average molecular weight is 354 g/mol. The van der Waals surface area contributed by atoms with Gasteiger partial charge in [-0.3, -0.25) is 4.79 Å². The van der Waals surface area contributed by atoms with Crippen LogP contribution in [0, 0.1) is 6.92 Å². The van der Waals surface area contributed by atoms with Gasteiger partial charge < -0.3 is 9.88 Å². The highest BCUT2D eigenvalue weighted by Crippen LogP contribution is 2.24. The molecule has 5 heteroatoms. The summed E-state index contributed by atoms with van der Waals surface area (Å²) in [5.41, 5.74) is 2.15. The highest BCUT2D eigenvalue weighted by molar-refractivity contribution is 6.30. The fraction of sp³-hybridized carbons (Fsp3) is 0.200. The molecule has 25 heavy (non-hydrogen) atoms. The van der Waals surface area contributed by atoms with Crippen LogP contribution in [0.5, 0.6) is 0 Å². The van der Waals surface area contributed by atoms with Gasteiger partial charge in [-0.2, -0.15) is 0 Å². The van der Waals surface area contributed by atoms with E-state index in [0.29, 0.717) is 17.3 Å². The Labute approximate surface area is 152 Å². The minimum Gasteiger partial charge on any atom is -0.354 e. The molecule has 1 atom stereocenters. The first kappa shape index (κ1) is 17.2. The third kappa shape index (κ3) is 4.94. The minimum atomic E-state index is -0.0507. The molecule has 0 saturated carbocycles. The summed E-state index contributed by atoms with van der Waals surface area (Å²) in [5.74, 6) is 0.584. The van der Waals surface area contributed by atoms with Gasteiger partial charge in [-0.25, -0.2) is 4.98 Å². The van der Waals surface area contributed by atoms with Crippen molar-refractivity contribution < 1.29 is 4.79 Å². The zero-order chi connectivity index (χ0) is 17.6. The first-order valence-corrected chi connectivity index (χ1v) is 8.56. The van der Waals surface area contributed by atoms with Crippen LogP contribution in [0.2, 0.25) is 5.02 Å². The van der Waals surface area contributed by atoms with Crippen molar-refractivity contribution in [3.63, 3.8) is 0 Å². The van der Waals surface area contributed by atoms with Gasteiger partial charge in [0, 0.05) is 42.5 Å². The molecule has 0 bridgehead atoms. The van der Waals surface area contributed by atoms with Gasteiger partial charge in [0.05, 0.1) is 0 Å². The smallest absolute Gasteiger partial charge is 0.226 e. The fourth-order valence-electron chi connectivity index (χ4n) is 2.79. The number of benzene rings is 1. The molecular formula is C20H20ClN3O. The van der Waals surface area contributed by atoms with Crippen molar-refractivity contribution in [3.05, 3.63) is 83.3 Å². The molecular weight excluding hydrogens is 334 g/mol. The molecule has 0 fully saturated rings. The summed E-state index contributed by atoms with van der Waals surface area (Å²) in [6, 6.07) is 15.4. The number of rotatable bonds is 6. The first-order chi connectivity index (χ1) is 12.1. The largest absolute Gasteiger partial charge is 0.354 e. The summed E-state index contributed by atoms with van der Waals surface area (Å²) in [6.07, 6.45) is 6.07. The Bertz CT molecular complexity index is 828. The number of anilines is 1. The second-order valence-electron chi connectivity index (χ2n) is 6.10. The van der Waals surface area contributed by atoms with Crippen LogP contribution in [0.25, 0.3) is 0 Å². The summed E-state index contributed by atoms with van der Waals surface area (Å²) in [6.45, 7) is 2.70. The second kappa shape index (κ2) is 7.99. The molecule has 3 aromatic rings. The van der Waals surface area contributed by atoms with Gasteiger partial charge in [-0.1, -0.05) is 23.7 Å². The maximum absolute atomic E-state index is 12.5. The summed E-state index contributed by atoms with van der Waals surface area (Å²) in [5, 5.41) is 3.58. The zero-order valence-corrected chi connectivity index (χ0v) is 14.8. The lowest BCUT2D eigenvalue weighted by Gasteiger charge is -2.18. The standard InChI is InChI=1S/C20H20ClN3O/c1-15-8-9-22-19(12-15)23-20(25)13-17(14-24-10-2-3-11-24)16-4-6-18(21)7-5-16/h2-12,17H,13-14H2,1H3,(H,22,23,25)/t17-/m0/s1. The number of carbonyl (C=O) groups is 1. The summed E-state index contributed by atoms with van der Waals surface area (Å²) in [4.78, 5) is 16.7. The molecule has 0 saturated heterocycles. The van der Waals surface area contributed by atoms with Gasteiger partial charge in [-0.05, 0) is 54.4 Å². The Morgan fingerprint density at radius 2 is 1.92 bits per heavy atom. The number of hydrogen-bond acceptors (Lipinski definition) is 2. The summed E-state index contributed by atoms with van der Waals surface area (Å²) < 4.78 is 2.08. The van der Waals surface area contributed by atoms with Crippen LogP contribution in [0.3, 0.4) is 0 Å². The van der Waals surface area contributed by atoms with Crippen LogP contribution in [-0.2, 0) is 11.3 Å². The second-order valence-corrected chi connectivity index (χ2v) is 6.54. The molecule has 0 unspecified atom stereocenters. The number of aryl methyl sites for hydroxylation is 1. The first-order valence-electron chi connectivity index (χ1n) is 8.19. The summed E-state index contributed by atoms with van der Waals surface area (Å²) >= 11 is 5.99. The topological polar surface area (TPSA) is 46.9 Å². The number of nitrogens with zero attached hydrogens (tertiary/aromatic N) is 2. The normalized spacial score (nSPS) is 11.9. The van der Waals surface area contributed by atoms with Gasteiger partial charge in [0.25, 0.3) is 0 Å². The molecule has 2 aromatic heterocycles. The molecule has 0 radical (unpaired) electrons. The molecule has 1 amide bonds. The minimum absolute atomic E-state index is 0.0504. The van der Waals surface area contributed by atoms with Crippen molar-refractivity contribution in [3.8, 4) is 0 Å². The molecule has 0 aliphatic rings. The Morgan fingerprint density at radius 1 is 1.20 bits per heavy atom. The van der Waals surface area contributed by atoms with Crippen LogP contribution in [0.15, 0.2) is 67.1 Å². The Hall–Kier alpha value is -2.59. The highest BCUT2D eigenvalue weighted by atomic mass is 35.5. The number of aromatic nitrogens is 2. The van der Waals surface area contributed by atoms with E-state index < -0.39 is 0 Å². The molecule has 4 nitrogen and oxygen atoms in total. The molecule has 3 rings (SSSR count). The van der Waals surface area contributed by atoms with E-state index in [1.165, 1.54) is 0 Å². The van der Waals surface area contributed by atoms with Gasteiger partial charge >= 0.3 is 0 Å². The predicted octanol–water partition coefficient (Wildman–Crippen LogP) is 4.66. The summed E-state index contributed by atoms with van der Waals surface area (Å²) in [7, 11) is 0. The van der Waals surface area contributed by atoms with E-state index in [1.54, 1.807) is 6.20 Å². The molecule has 0 spiro atoms. The maximum Gasteiger partial charge on any atom is 0.226 e. The average Bonchev–Trinajstić information content (AvgIpc) is 3.08. The van der Waals surface area contributed by atoms with Gasteiger partial charge in [0.2, 0.25) is 5.91 Å². The molecule has 128 valence electrons. The number of carbonyl (C=O) groups excluding carboxylic acids is 1. The van der Waals surface area contributed by atoms with Crippen molar-refractivity contribution in [2.24, 2.45) is 0 Å². The third-order valence-corrected chi connectivity index (χ3v) is 4.31. The highest BCUT2D eigenvalue weighted by Gasteiger charge is 2.17. The van der Waals surface area contributed by atoms with Crippen LogP contribution in [0.4, 0.5) is 5.82 Å². The monoisotopic (exact) mass is 353 g/mol. The van der Waals surface area contributed by atoms with Crippen molar-refractivity contribution >= 4 is 23.3 Å². The Kier molecular flexibility index (Phi) is 5.51. The zero-order valence-electron chi connectivity index (χ0n) is 14.0. The predicted molar refractivity (Wildman–Crippen MR) is 101 cm³/mol. The van der Waals surface area contributed by atoms with Gasteiger partial charge in [-0.15, -0.1) is 0 Å². The van der Waals surface area contributed by atoms with Crippen molar-refractivity contribution in [1.29, 1.82) is 0 Å². The molecule has 1 N–H and O–H groups in total. The van der Waals surface area contributed by atoms with Crippen molar-refractivity contribution in [1.82, 2.24) is 9.55 Å². The number of nitrogens with one attached hydrogen (secondary N) is 1. The number of hydrogen-bond donors (Lipinski definition) is 1. The van der Waals surface area contributed by atoms with Crippen molar-refractivity contribution in [2.45, 2.75) is 25.8 Å².